The zero-order chi connectivity index (χ0) is 11.1. The number of rotatable bonds is 3. The van der Waals surface area contributed by atoms with Gasteiger partial charge in [-0.15, -0.1) is 0 Å². The molecule has 15 heavy (non-hydrogen) atoms. The maximum atomic E-state index is 11.9. The highest BCUT2D eigenvalue weighted by atomic mass is 16.2. The van der Waals surface area contributed by atoms with Crippen LogP contribution in [0.1, 0.15) is 32.1 Å². The first-order valence-corrected chi connectivity index (χ1v) is 5.28. The number of nitriles is 1. The van der Waals surface area contributed by atoms with E-state index in [-0.39, 0.29) is 25.0 Å². The van der Waals surface area contributed by atoms with Gasteiger partial charge < -0.3 is 0 Å². The molecule has 1 aliphatic rings. The third-order valence-corrected chi connectivity index (χ3v) is 2.77. The van der Waals surface area contributed by atoms with Crippen LogP contribution in [0.4, 0.5) is 0 Å². The van der Waals surface area contributed by atoms with Gasteiger partial charge in [0.15, 0.2) is 0 Å². The van der Waals surface area contributed by atoms with Gasteiger partial charge in [-0.05, 0) is 12.8 Å². The minimum absolute atomic E-state index is 0.00718. The number of nitrogens with zero attached hydrogens (tertiary/aromatic N) is 3. The van der Waals surface area contributed by atoms with E-state index in [0.29, 0.717) is 0 Å². The molecule has 0 heterocycles. The van der Waals surface area contributed by atoms with Crippen molar-refractivity contribution in [3.05, 3.63) is 11.4 Å². The molecule has 0 aromatic rings. The van der Waals surface area contributed by atoms with Gasteiger partial charge in [0.05, 0.1) is 6.07 Å². The van der Waals surface area contributed by atoms with E-state index in [1.54, 1.807) is 0 Å². The summed E-state index contributed by atoms with van der Waals surface area (Å²) in [5.74, 6) is 0.0427. The maximum Gasteiger partial charge on any atom is 0.292 e. The van der Waals surface area contributed by atoms with Crippen molar-refractivity contribution in [3.8, 4) is 6.07 Å². The lowest BCUT2D eigenvalue weighted by Crippen LogP contribution is -2.37. The van der Waals surface area contributed by atoms with Crippen LogP contribution < -0.4 is 0 Å². The summed E-state index contributed by atoms with van der Waals surface area (Å²) in [6.45, 7) is 6.80. The molecule has 4 heteroatoms. The number of amides is 1. The van der Waals surface area contributed by atoms with Crippen LogP contribution in [0.2, 0.25) is 0 Å². The number of carbonyl (C=O) groups is 1. The first-order chi connectivity index (χ1) is 7.29. The molecular formula is C11H15N3O. The molecule has 4 nitrogen and oxygen atoms in total. The molecule has 0 atom stereocenters. The van der Waals surface area contributed by atoms with Crippen LogP contribution in [0.5, 0.6) is 0 Å². The van der Waals surface area contributed by atoms with Gasteiger partial charge in [-0.25, -0.2) is 6.57 Å². The first-order valence-electron chi connectivity index (χ1n) is 5.28. The summed E-state index contributed by atoms with van der Waals surface area (Å²) in [4.78, 5) is 16.4. The van der Waals surface area contributed by atoms with Crippen molar-refractivity contribution in [1.82, 2.24) is 4.90 Å². The van der Waals surface area contributed by atoms with Gasteiger partial charge in [-0.2, -0.15) is 5.26 Å². The van der Waals surface area contributed by atoms with Crippen LogP contribution in [-0.2, 0) is 4.79 Å². The number of hydrogen-bond donors (Lipinski definition) is 0. The lowest BCUT2D eigenvalue weighted by molar-refractivity contribution is -0.135. The smallest absolute Gasteiger partial charge is 0.292 e. The molecule has 0 bridgehead atoms. The summed E-state index contributed by atoms with van der Waals surface area (Å²) in [6.07, 6.45) is 5.21. The quantitative estimate of drug-likeness (QED) is 0.521. The Balaban J connectivity index is 2.54. The summed E-state index contributed by atoms with van der Waals surface area (Å²) in [7, 11) is 0. The minimum atomic E-state index is -0.00718. The maximum absolute atomic E-state index is 11.9. The van der Waals surface area contributed by atoms with E-state index in [1.165, 1.54) is 11.3 Å². The van der Waals surface area contributed by atoms with E-state index >= 15 is 0 Å². The predicted molar refractivity (Wildman–Crippen MR) is 55.4 cm³/mol. The molecule has 1 amide bonds. The fraction of sp³-hybridized carbons (Fsp3) is 0.727. The fourth-order valence-corrected chi connectivity index (χ4v) is 1.98. The Morgan fingerprint density at radius 1 is 1.47 bits per heavy atom. The second-order valence-corrected chi connectivity index (χ2v) is 3.83. The zero-order valence-corrected chi connectivity index (χ0v) is 8.78. The molecule has 1 rings (SSSR count). The van der Waals surface area contributed by atoms with E-state index in [0.717, 1.165) is 25.7 Å². The molecule has 0 radical (unpaired) electrons. The SMILES string of the molecule is [C-]#[N+]CN(CC#N)C(=O)C1CCCCC1. The highest BCUT2D eigenvalue weighted by Gasteiger charge is 2.26. The van der Waals surface area contributed by atoms with E-state index in [9.17, 15) is 4.79 Å². The summed E-state index contributed by atoms with van der Waals surface area (Å²) >= 11 is 0. The van der Waals surface area contributed by atoms with Gasteiger partial charge in [0.2, 0.25) is 5.91 Å². The fourth-order valence-electron chi connectivity index (χ4n) is 1.98. The van der Waals surface area contributed by atoms with Crippen LogP contribution in [0.25, 0.3) is 4.85 Å². The van der Waals surface area contributed by atoms with Crippen LogP contribution in [0.15, 0.2) is 0 Å². The van der Waals surface area contributed by atoms with Gasteiger partial charge in [0.1, 0.15) is 6.54 Å². The molecule has 0 aliphatic heterocycles. The Morgan fingerprint density at radius 2 is 2.13 bits per heavy atom. The first kappa shape index (κ1) is 11.5. The monoisotopic (exact) mass is 205 g/mol. The Morgan fingerprint density at radius 3 is 2.67 bits per heavy atom. The average molecular weight is 205 g/mol. The molecular weight excluding hydrogens is 190 g/mol. The van der Waals surface area contributed by atoms with E-state index < -0.39 is 0 Å². The Hall–Kier alpha value is -1.55. The average Bonchev–Trinajstić information content (AvgIpc) is 2.29. The van der Waals surface area contributed by atoms with Crippen LogP contribution >= 0.6 is 0 Å². The van der Waals surface area contributed by atoms with Crippen molar-refractivity contribution in [2.24, 2.45) is 5.92 Å². The van der Waals surface area contributed by atoms with E-state index in [1.807, 2.05) is 6.07 Å². The molecule has 0 N–H and O–H groups in total. The largest absolute Gasteiger partial charge is 0.293 e. The van der Waals surface area contributed by atoms with Gasteiger partial charge in [-0.3, -0.25) is 14.5 Å². The van der Waals surface area contributed by atoms with Crippen molar-refractivity contribution in [2.45, 2.75) is 32.1 Å². The molecule has 80 valence electrons. The lowest BCUT2D eigenvalue weighted by Gasteiger charge is -2.24. The van der Waals surface area contributed by atoms with Crippen LogP contribution in [0, 0.1) is 23.8 Å². The van der Waals surface area contributed by atoms with Crippen molar-refractivity contribution in [1.29, 1.82) is 5.26 Å². The molecule has 1 saturated carbocycles. The second-order valence-electron chi connectivity index (χ2n) is 3.83. The second kappa shape index (κ2) is 6.03. The molecule has 0 unspecified atom stereocenters. The molecule has 0 aromatic carbocycles. The number of carbonyl (C=O) groups excluding carboxylic acids is 1. The molecule has 0 saturated heterocycles. The summed E-state index contributed by atoms with van der Waals surface area (Å²) in [5, 5.41) is 8.56. The normalized spacial score (nSPS) is 16.4. The van der Waals surface area contributed by atoms with E-state index in [4.69, 9.17) is 11.8 Å². The summed E-state index contributed by atoms with van der Waals surface area (Å²) in [5.41, 5.74) is 0. The van der Waals surface area contributed by atoms with Gasteiger partial charge in [-0.1, -0.05) is 19.3 Å². The third kappa shape index (κ3) is 3.25. The minimum Gasteiger partial charge on any atom is -0.293 e. The van der Waals surface area contributed by atoms with E-state index in [2.05, 4.69) is 4.85 Å². The Labute approximate surface area is 90.3 Å². The molecule has 0 spiro atoms. The number of hydrogen-bond acceptors (Lipinski definition) is 2. The van der Waals surface area contributed by atoms with Gasteiger partial charge in [0, 0.05) is 5.92 Å². The standard InChI is InChI=1S/C11H15N3O/c1-13-9-14(8-7-12)11(15)10-5-3-2-4-6-10/h10H,2-6,8-9H2. The zero-order valence-electron chi connectivity index (χ0n) is 8.78. The molecule has 1 aliphatic carbocycles. The van der Waals surface area contributed by atoms with Crippen molar-refractivity contribution in [3.63, 3.8) is 0 Å². The molecule has 1 fully saturated rings. The summed E-state index contributed by atoms with van der Waals surface area (Å²) in [6, 6.07) is 1.93. The Kier molecular flexibility index (Phi) is 4.63. The van der Waals surface area contributed by atoms with Crippen LogP contribution in [0.3, 0.4) is 0 Å². The van der Waals surface area contributed by atoms with Crippen molar-refractivity contribution >= 4 is 5.91 Å². The Bertz CT molecular complexity index is 278. The molecule has 0 aromatic heterocycles. The lowest BCUT2D eigenvalue weighted by atomic mass is 9.88. The third-order valence-electron chi connectivity index (χ3n) is 2.77. The topological polar surface area (TPSA) is 48.5 Å². The highest BCUT2D eigenvalue weighted by molar-refractivity contribution is 5.79. The van der Waals surface area contributed by atoms with Crippen molar-refractivity contribution in [2.75, 3.05) is 13.2 Å². The van der Waals surface area contributed by atoms with Gasteiger partial charge in [0.25, 0.3) is 6.67 Å². The van der Waals surface area contributed by atoms with Crippen molar-refractivity contribution < 1.29 is 4.79 Å². The highest BCUT2D eigenvalue weighted by Crippen LogP contribution is 2.25. The summed E-state index contributed by atoms with van der Waals surface area (Å²) < 4.78 is 0. The van der Waals surface area contributed by atoms with Gasteiger partial charge >= 0.3 is 0 Å². The predicted octanol–water partition coefficient (Wildman–Crippen LogP) is 1.80. The van der Waals surface area contributed by atoms with Crippen LogP contribution in [-0.4, -0.2) is 24.0 Å².